The molecule has 2 aliphatic rings. The van der Waals surface area contributed by atoms with E-state index >= 15 is 0 Å². The maximum absolute atomic E-state index is 12.8. The highest BCUT2D eigenvalue weighted by molar-refractivity contribution is 6.31. The summed E-state index contributed by atoms with van der Waals surface area (Å²) in [5.41, 5.74) is -1.48. The number of likely N-dealkylation sites (tertiary alicyclic amines) is 1. The SMILES string of the molecule is COc1cc(Cl)cc(C(=O)N2CCC3(CC2)OCC[C@@](C)(O)[C@@H]3O)c1. The number of methoxy groups -OCH3 is 1. The van der Waals surface area contributed by atoms with Crippen LogP contribution in [0.5, 0.6) is 5.75 Å². The normalized spacial score (nSPS) is 28.8. The Morgan fingerprint density at radius 1 is 1.32 bits per heavy atom. The van der Waals surface area contributed by atoms with E-state index in [1.54, 1.807) is 30.0 Å². The molecule has 3 rings (SSSR count). The second kappa shape index (κ2) is 6.76. The number of hydrogen-bond acceptors (Lipinski definition) is 5. The van der Waals surface area contributed by atoms with Gasteiger partial charge in [0.15, 0.2) is 0 Å². The number of carbonyl (C=O) groups excluding carboxylic acids is 1. The summed E-state index contributed by atoms with van der Waals surface area (Å²) >= 11 is 6.05. The van der Waals surface area contributed by atoms with Crippen LogP contribution in [0.3, 0.4) is 0 Å². The first-order valence-corrected chi connectivity index (χ1v) is 8.83. The number of aliphatic hydroxyl groups is 2. The lowest BCUT2D eigenvalue weighted by molar-refractivity contribution is -0.244. The predicted molar refractivity (Wildman–Crippen MR) is 93.1 cm³/mol. The third-order valence-corrected chi connectivity index (χ3v) is 5.55. The maximum atomic E-state index is 12.8. The first-order chi connectivity index (χ1) is 11.8. The van der Waals surface area contributed by atoms with Gasteiger partial charge in [0.05, 0.1) is 19.3 Å². The minimum absolute atomic E-state index is 0.132. The molecule has 1 amide bonds. The quantitative estimate of drug-likeness (QED) is 0.831. The summed E-state index contributed by atoms with van der Waals surface area (Å²) in [7, 11) is 1.53. The number of aliphatic hydroxyl groups excluding tert-OH is 1. The van der Waals surface area contributed by atoms with Crippen LogP contribution in [-0.2, 0) is 4.74 Å². The number of ether oxygens (including phenoxy) is 2. The molecule has 2 saturated heterocycles. The van der Waals surface area contributed by atoms with Crippen molar-refractivity contribution in [2.24, 2.45) is 0 Å². The third-order valence-electron chi connectivity index (χ3n) is 5.34. The van der Waals surface area contributed by atoms with Gasteiger partial charge in [-0.05, 0) is 38.0 Å². The molecule has 0 aliphatic carbocycles. The van der Waals surface area contributed by atoms with Crippen molar-refractivity contribution in [2.45, 2.75) is 43.5 Å². The van der Waals surface area contributed by atoms with E-state index in [0.29, 0.717) is 55.3 Å². The van der Waals surface area contributed by atoms with Crippen LogP contribution in [0.1, 0.15) is 36.5 Å². The number of carbonyl (C=O) groups is 1. The van der Waals surface area contributed by atoms with Crippen molar-refractivity contribution < 1.29 is 24.5 Å². The molecule has 0 saturated carbocycles. The van der Waals surface area contributed by atoms with Crippen LogP contribution in [0.2, 0.25) is 5.02 Å². The molecule has 2 heterocycles. The molecule has 1 aromatic carbocycles. The average Bonchev–Trinajstić information content (AvgIpc) is 2.59. The molecule has 2 aliphatic heterocycles. The molecule has 1 aromatic rings. The average molecular weight is 370 g/mol. The van der Waals surface area contributed by atoms with Gasteiger partial charge in [0.25, 0.3) is 5.91 Å². The number of benzene rings is 1. The van der Waals surface area contributed by atoms with Crippen molar-refractivity contribution in [3.8, 4) is 5.75 Å². The van der Waals surface area contributed by atoms with Crippen LogP contribution < -0.4 is 4.74 Å². The molecule has 6 nitrogen and oxygen atoms in total. The van der Waals surface area contributed by atoms with Gasteiger partial charge in [-0.2, -0.15) is 0 Å². The minimum Gasteiger partial charge on any atom is -0.497 e. The Hall–Kier alpha value is -1.34. The van der Waals surface area contributed by atoms with Crippen LogP contribution in [0.4, 0.5) is 0 Å². The summed E-state index contributed by atoms with van der Waals surface area (Å²) in [4.78, 5) is 14.5. The van der Waals surface area contributed by atoms with Gasteiger partial charge >= 0.3 is 0 Å². The second-order valence-electron chi connectivity index (χ2n) is 7.09. The molecule has 7 heteroatoms. The van der Waals surface area contributed by atoms with Crippen molar-refractivity contribution in [2.75, 3.05) is 26.8 Å². The first-order valence-electron chi connectivity index (χ1n) is 8.46. The van der Waals surface area contributed by atoms with Crippen LogP contribution in [0.25, 0.3) is 0 Å². The summed E-state index contributed by atoms with van der Waals surface area (Å²) in [6, 6.07) is 4.93. The van der Waals surface area contributed by atoms with E-state index in [0.717, 1.165) is 0 Å². The summed E-state index contributed by atoms with van der Waals surface area (Å²) in [5.74, 6) is 0.402. The van der Waals surface area contributed by atoms with Crippen LogP contribution in [0.15, 0.2) is 18.2 Å². The molecule has 25 heavy (non-hydrogen) atoms. The van der Waals surface area contributed by atoms with E-state index < -0.39 is 17.3 Å². The monoisotopic (exact) mass is 369 g/mol. The van der Waals surface area contributed by atoms with Crippen molar-refractivity contribution in [1.29, 1.82) is 0 Å². The lowest BCUT2D eigenvalue weighted by Crippen LogP contribution is -2.64. The number of halogens is 1. The van der Waals surface area contributed by atoms with Crippen molar-refractivity contribution in [3.63, 3.8) is 0 Å². The molecule has 0 radical (unpaired) electrons. The number of hydrogen-bond donors (Lipinski definition) is 2. The second-order valence-corrected chi connectivity index (χ2v) is 7.53. The van der Waals surface area contributed by atoms with Gasteiger partial charge in [0.1, 0.15) is 17.5 Å². The van der Waals surface area contributed by atoms with Crippen LogP contribution >= 0.6 is 11.6 Å². The predicted octanol–water partition coefficient (Wildman–Crippen LogP) is 1.86. The molecule has 1 spiro atoms. The highest BCUT2D eigenvalue weighted by Gasteiger charge is 2.52. The van der Waals surface area contributed by atoms with E-state index in [1.807, 2.05) is 0 Å². The zero-order chi connectivity index (χ0) is 18.2. The Labute approximate surface area is 152 Å². The van der Waals surface area contributed by atoms with E-state index in [4.69, 9.17) is 21.1 Å². The summed E-state index contributed by atoms with van der Waals surface area (Å²) in [6.45, 7) is 2.93. The largest absolute Gasteiger partial charge is 0.497 e. The fraction of sp³-hybridized carbons (Fsp3) is 0.611. The maximum Gasteiger partial charge on any atom is 0.254 e. The Balaban J connectivity index is 1.72. The van der Waals surface area contributed by atoms with Crippen molar-refractivity contribution in [3.05, 3.63) is 28.8 Å². The van der Waals surface area contributed by atoms with Crippen LogP contribution in [-0.4, -0.2) is 65.1 Å². The lowest BCUT2D eigenvalue weighted by Gasteiger charge is -2.51. The standard InChI is InChI=1S/C18H24ClNO5/c1-17(23)5-8-25-18(16(17)22)3-6-20(7-4-18)15(21)12-9-13(19)11-14(10-12)24-2/h9-11,16,22-23H,3-8H2,1-2H3/t16-,17+/m0/s1. The zero-order valence-corrected chi connectivity index (χ0v) is 15.3. The minimum atomic E-state index is -1.16. The molecule has 2 N–H and O–H groups in total. The van der Waals surface area contributed by atoms with Gasteiger partial charge in [-0.3, -0.25) is 4.79 Å². The molecule has 2 atom stereocenters. The van der Waals surface area contributed by atoms with E-state index in [-0.39, 0.29) is 5.91 Å². The van der Waals surface area contributed by atoms with Gasteiger partial charge in [-0.25, -0.2) is 0 Å². The fourth-order valence-corrected chi connectivity index (χ4v) is 3.96. The van der Waals surface area contributed by atoms with Crippen molar-refractivity contribution in [1.82, 2.24) is 4.90 Å². The van der Waals surface area contributed by atoms with E-state index in [2.05, 4.69) is 0 Å². The Bertz CT molecular complexity index is 655. The molecular formula is C18H24ClNO5. The van der Waals surface area contributed by atoms with Crippen LogP contribution in [0, 0.1) is 0 Å². The van der Waals surface area contributed by atoms with Gasteiger partial charge in [-0.15, -0.1) is 0 Å². The molecule has 138 valence electrons. The smallest absolute Gasteiger partial charge is 0.254 e. The Morgan fingerprint density at radius 3 is 2.64 bits per heavy atom. The highest BCUT2D eigenvalue weighted by atomic mass is 35.5. The highest BCUT2D eigenvalue weighted by Crippen LogP contribution is 2.40. The fourth-order valence-electron chi connectivity index (χ4n) is 3.74. The molecule has 0 aromatic heterocycles. The summed E-state index contributed by atoms with van der Waals surface area (Å²) < 4.78 is 11.0. The number of rotatable bonds is 2. The number of nitrogens with zero attached hydrogens (tertiary/aromatic N) is 1. The van der Waals surface area contributed by atoms with Gasteiger partial charge in [0, 0.05) is 30.1 Å². The number of piperidine rings is 1. The summed E-state index contributed by atoms with van der Waals surface area (Å²) in [6.07, 6.45) is 0.403. The lowest BCUT2D eigenvalue weighted by atomic mass is 9.75. The van der Waals surface area contributed by atoms with Gasteiger partial charge in [-0.1, -0.05) is 11.6 Å². The first kappa shape index (κ1) is 18.5. The molecule has 0 unspecified atom stereocenters. The topological polar surface area (TPSA) is 79.2 Å². The molecule has 0 bridgehead atoms. The zero-order valence-electron chi connectivity index (χ0n) is 14.5. The van der Waals surface area contributed by atoms with E-state index in [1.165, 1.54) is 7.11 Å². The molecular weight excluding hydrogens is 346 g/mol. The number of amides is 1. The summed E-state index contributed by atoms with van der Waals surface area (Å²) in [5, 5.41) is 21.4. The third kappa shape index (κ3) is 3.49. The Kier molecular flexibility index (Phi) is 4.99. The van der Waals surface area contributed by atoms with Gasteiger partial charge in [0.2, 0.25) is 0 Å². The van der Waals surface area contributed by atoms with Crippen molar-refractivity contribution >= 4 is 17.5 Å². The van der Waals surface area contributed by atoms with E-state index in [9.17, 15) is 15.0 Å². The molecule has 2 fully saturated rings. The van der Waals surface area contributed by atoms with Gasteiger partial charge < -0.3 is 24.6 Å². The Morgan fingerprint density at radius 2 is 2.00 bits per heavy atom.